The molecule has 0 radical (unpaired) electrons. The van der Waals surface area contributed by atoms with E-state index in [2.05, 4.69) is 10.3 Å². The molecule has 1 aromatic heterocycles. The summed E-state index contributed by atoms with van der Waals surface area (Å²) >= 11 is 0. The molecule has 0 bridgehead atoms. The molecule has 0 aliphatic carbocycles. The third kappa shape index (κ3) is 4.05. The van der Waals surface area contributed by atoms with E-state index >= 15 is 0 Å². The van der Waals surface area contributed by atoms with Gasteiger partial charge < -0.3 is 15.8 Å². The van der Waals surface area contributed by atoms with Crippen LogP contribution in [0.4, 0.5) is 5.69 Å². The molecule has 0 spiro atoms. The zero-order chi connectivity index (χ0) is 11.1. The molecular weight excluding hydrogens is 194 g/mol. The average molecular weight is 209 g/mol. The molecule has 1 atom stereocenters. The van der Waals surface area contributed by atoms with Gasteiger partial charge in [-0.15, -0.1) is 0 Å². The Morgan fingerprint density at radius 3 is 3.07 bits per heavy atom. The number of rotatable bonds is 5. The molecule has 5 nitrogen and oxygen atoms in total. The van der Waals surface area contributed by atoms with Gasteiger partial charge in [-0.1, -0.05) is 0 Å². The van der Waals surface area contributed by atoms with E-state index in [0.717, 1.165) is 0 Å². The van der Waals surface area contributed by atoms with Crippen molar-refractivity contribution < 1.29 is 9.53 Å². The van der Waals surface area contributed by atoms with Crippen LogP contribution in [-0.2, 0) is 9.53 Å². The fourth-order valence-electron chi connectivity index (χ4n) is 1.12. The molecule has 1 rings (SSSR count). The highest BCUT2D eigenvalue weighted by Gasteiger charge is 2.11. The number of pyridine rings is 1. The maximum absolute atomic E-state index is 11.5. The summed E-state index contributed by atoms with van der Waals surface area (Å²) in [5, 5.41) is 2.70. The number of nitrogens with two attached hydrogens (primary N) is 1. The summed E-state index contributed by atoms with van der Waals surface area (Å²) in [7, 11) is 1.54. The van der Waals surface area contributed by atoms with Crippen molar-refractivity contribution in [1.29, 1.82) is 0 Å². The number of carbonyl (C=O) groups excluding carboxylic acids is 1. The lowest BCUT2D eigenvalue weighted by Gasteiger charge is -2.12. The number of ether oxygens (including phenoxy) is 1. The standard InChI is InChI=1S/C10H15N3O2/c1-15-9(6-11)5-10(14)13-8-3-2-4-12-7-8/h2-4,7,9H,5-6,11H2,1H3,(H,13,14). The number of aromatic nitrogens is 1. The Hall–Kier alpha value is -1.46. The van der Waals surface area contributed by atoms with E-state index in [-0.39, 0.29) is 18.4 Å². The van der Waals surface area contributed by atoms with Crippen molar-refractivity contribution in [3.63, 3.8) is 0 Å². The predicted molar refractivity (Wildman–Crippen MR) is 57.3 cm³/mol. The fourth-order valence-corrected chi connectivity index (χ4v) is 1.12. The molecule has 5 heteroatoms. The Balaban J connectivity index is 2.43. The van der Waals surface area contributed by atoms with Gasteiger partial charge in [0.25, 0.3) is 0 Å². The van der Waals surface area contributed by atoms with Crippen LogP contribution in [0.15, 0.2) is 24.5 Å². The minimum absolute atomic E-state index is 0.125. The first-order valence-corrected chi connectivity index (χ1v) is 4.69. The third-order valence-corrected chi connectivity index (χ3v) is 1.95. The monoisotopic (exact) mass is 209 g/mol. The van der Waals surface area contributed by atoms with Crippen LogP contribution in [-0.4, -0.2) is 30.6 Å². The molecule has 0 saturated carbocycles. The topological polar surface area (TPSA) is 77.2 Å². The first-order chi connectivity index (χ1) is 7.26. The Morgan fingerprint density at radius 1 is 1.73 bits per heavy atom. The lowest BCUT2D eigenvalue weighted by Crippen LogP contribution is -2.28. The Kier molecular flexibility index (Phi) is 4.73. The number of nitrogens with zero attached hydrogens (tertiary/aromatic N) is 1. The van der Waals surface area contributed by atoms with Gasteiger partial charge in [0.1, 0.15) is 0 Å². The number of methoxy groups -OCH3 is 1. The molecular formula is C10H15N3O2. The number of anilines is 1. The van der Waals surface area contributed by atoms with E-state index in [4.69, 9.17) is 10.5 Å². The van der Waals surface area contributed by atoms with Gasteiger partial charge in [0.05, 0.1) is 24.4 Å². The van der Waals surface area contributed by atoms with Gasteiger partial charge in [0.15, 0.2) is 0 Å². The molecule has 3 N–H and O–H groups in total. The second-order valence-corrected chi connectivity index (χ2v) is 3.09. The van der Waals surface area contributed by atoms with E-state index in [9.17, 15) is 4.79 Å². The second-order valence-electron chi connectivity index (χ2n) is 3.09. The summed E-state index contributed by atoms with van der Waals surface area (Å²) in [4.78, 5) is 15.4. The van der Waals surface area contributed by atoms with Crippen LogP contribution in [0.5, 0.6) is 0 Å². The Labute approximate surface area is 88.6 Å². The zero-order valence-electron chi connectivity index (χ0n) is 8.64. The predicted octanol–water partition coefficient (Wildman–Crippen LogP) is 0.384. The summed E-state index contributed by atoms with van der Waals surface area (Å²) in [5.41, 5.74) is 6.08. The molecule has 0 aromatic carbocycles. The van der Waals surface area contributed by atoms with Gasteiger partial charge in [0.2, 0.25) is 5.91 Å². The van der Waals surface area contributed by atoms with Crippen molar-refractivity contribution in [2.75, 3.05) is 19.0 Å². The molecule has 0 saturated heterocycles. The van der Waals surface area contributed by atoms with E-state index < -0.39 is 0 Å². The molecule has 15 heavy (non-hydrogen) atoms. The highest BCUT2D eigenvalue weighted by molar-refractivity contribution is 5.90. The van der Waals surface area contributed by atoms with E-state index in [0.29, 0.717) is 12.2 Å². The molecule has 1 aromatic rings. The quantitative estimate of drug-likeness (QED) is 0.735. The SMILES string of the molecule is COC(CN)CC(=O)Nc1cccnc1. The first kappa shape index (κ1) is 11.6. The van der Waals surface area contributed by atoms with Gasteiger partial charge in [-0.2, -0.15) is 0 Å². The molecule has 0 fully saturated rings. The smallest absolute Gasteiger partial charge is 0.227 e. The number of amides is 1. The van der Waals surface area contributed by atoms with Crippen LogP contribution < -0.4 is 11.1 Å². The molecule has 0 aliphatic rings. The first-order valence-electron chi connectivity index (χ1n) is 4.69. The van der Waals surface area contributed by atoms with Crippen molar-refractivity contribution in [2.45, 2.75) is 12.5 Å². The van der Waals surface area contributed by atoms with Crippen LogP contribution in [0.25, 0.3) is 0 Å². The van der Waals surface area contributed by atoms with E-state index in [1.54, 1.807) is 24.5 Å². The summed E-state index contributed by atoms with van der Waals surface area (Å²) in [5.74, 6) is -0.125. The normalized spacial score (nSPS) is 12.1. The van der Waals surface area contributed by atoms with Gasteiger partial charge in [-0.3, -0.25) is 9.78 Å². The number of nitrogens with one attached hydrogen (secondary N) is 1. The van der Waals surface area contributed by atoms with Crippen molar-refractivity contribution in [3.8, 4) is 0 Å². The van der Waals surface area contributed by atoms with Crippen molar-refractivity contribution >= 4 is 11.6 Å². The summed E-state index contributed by atoms with van der Waals surface area (Å²) in [6.45, 7) is 0.330. The molecule has 0 aliphatic heterocycles. The maximum Gasteiger partial charge on any atom is 0.227 e. The number of carbonyl (C=O) groups is 1. The largest absolute Gasteiger partial charge is 0.380 e. The van der Waals surface area contributed by atoms with Gasteiger partial charge in [-0.05, 0) is 12.1 Å². The van der Waals surface area contributed by atoms with E-state index in [1.165, 1.54) is 7.11 Å². The Morgan fingerprint density at radius 2 is 2.53 bits per heavy atom. The summed E-state index contributed by atoms with van der Waals surface area (Å²) < 4.78 is 5.01. The van der Waals surface area contributed by atoms with Crippen LogP contribution in [0.3, 0.4) is 0 Å². The molecule has 1 unspecified atom stereocenters. The van der Waals surface area contributed by atoms with E-state index in [1.807, 2.05) is 0 Å². The van der Waals surface area contributed by atoms with Gasteiger partial charge in [0, 0.05) is 19.9 Å². The van der Waals surface area contributed by atoms with Crippen LogP contribution in [0.2, 0.25) is 0 Å². The highest BCUT2D eigenvalue weighted by Crippen LogP contribution is 2.04. The second kappa shape index (κ2) is 6.10. The van der Waals surface area contributed by atoms with Gasteiger partial charge >= 0.3 is 0 Å². The van der Waals surface area contributed by atoms with Crippen molar-refractivity contribution in [2.24, 2.45) is 5.73 Å². The number of hydrogen-bond donors (Lipinski definition) is 2. The highest BCUT2D eigenvalue weighted by atomic mass is 16.5. The minimum atomic E-state index is -0.235. The minimum Gasteiger partial charge on any atom is -0.380 e. The van der Waals surface area contributed by atoms with Crippen LogP contribution >= 0.6 is 0 Å². The lowest BCUT2D eigenvalue weighted by atomic mass is 10.2. The van der Waals surface area contributed by atoms with Crippen molar-refractivity contribution in [3.05, 3.63) is 24.5 Å². The summed E-state index contributed by atoms with van der Waals surface area (Å²) in [6.07, 6.45) is 3.25. The summed E-state index contributed by atoms with van der Waals surface area (Å²) in [6, 6.07) is 3.53. The fraction of sp³-hybridized carbons (Fsp3) is 0.400. The van der Waals surface area contributed by atoms with Crippen LogP contribution in [0, 0.1) is 0 Å². The molecule has 1 heterocycles. The third-order valence-electron chi connectivity index (χ3n) is 1.95. The zero-order valence-corrected chi connectivity index (χ0v) is 8.64. The average Bonchev–Trinajstić information content (AvgIpc) is 2.27. The van der Waals surface area contributed by atoms with Crippen LogP contribution in [0.1, 0.15) is 6.42 Å². The van der Waals surface area contributed by atoms with Crippen molar-refractivity contribution in [1.82, 2.24) is 4.98 Å². The van der Waals surface area contributed by atoms with Gasteiger partial charge in [-0.25, -0.2) is 0 Å². The lowest BCUT2D eigenvalue weighted by molar-refractivity contribution is -0.118. The molecule has 82 valence electrons. The maximum atomic E-state index is 11.5. The number of hydrogen-bond acceptors (Lipinski definition) is 4. The molecule has 1 amide bonds. The Bertz CT molecular complexity index is 299.